The quantitative estimate of drug-likeness (QED) is 0.572. The maximum absolute atomic E-state index is 10.5. The van der Waals surface area contributed by atoms with Gasteiger partial charge in [-0.25, -0.2) is 0 Å². The molecule has 0 aromatic carbocycles. The Morgan fingerprint density at radius 1 is 1.33 bits per heavy atom. The molecule has 2 N–H and O–H groups in total. The molecule has 0 amide bonds. The highest BCUT2D eigenvalue weighted by Gasteiger charge is 2.55. The largest absolute Gasteiger partial charge is 0.388 e. The van der Waals surface area contributed by atoms with Gasteiger partial charge in [-0.05, 0) is 24.7 Å². The fourth-order valence-electron chi connectivity index (χ4n) is 2.70. The van der Waals surface area contributed by atoms with Gasteiger partial charge in [0.05, 0.1) is 5.60 Å². The van der Waals surface area contributed by atoms with Crippen LogP contribution in [0.1, 0.15) is 40.0 Å². The number of hydrogen-bond donors (Lipinski definition) is 2. The van der Waals surface area contributed by atoms with E-state index < -0.39 is 5.60 Å². The minimum Gasteiger partial charge on any atom is -0.388 e. The summed E-state index contributed by atoms with van der Waals surface area (Å²) in [7, 11) is 0. The van der Waals surface area contributed by atoms with E-state index >= 15 is 0 Å². The fraction of sp³-hybridized carbons (Fsp3) is 1.00. The van der Waals surface area contributed by atoms with Gasteiger partial charge in [-0.1, -0.05) is 20.8 Å². The Labute approximate surface area is 74.4 Å². The van der Waals surface area contributed by atoms with E-state index in [1.807, 2.05) is 0 Å². The van der Waals surface area contributed by atoms with Crippen molar-refractivity contribution >= 4 is 0 Å². The lowest BCUT2D eigenvalue weighted by atomic mass is 9.68. The van der Waals surface area contributed by atoms with Crippen LogP contribution in [0.3, 0.4) is 0 Å². The second-order valence-corrected chi connectivity index (χ2v) is 5.37. The van der Waals surface area contributed by atoms with Gasteiger partial charge >= 0.3 is 0 Å². The summed E-state index contributed by atoms with van der Waals surface area (Å²) < 4.78 is 0. The molecule has 70 valence electrons. The molecule has 2 nitrogen and oxygen atoms in total. The van der Waals surface area contributed by atoms with Crippen molar-refractivity contribution in [3.63, 3.8) is 0 Å². The summed E-state index contributed by atoms with van der Waals surface area (Å²) in [5, 5.41) is 13.9. The highest BCUT2D eigenvalue weighted by Crippen LogP contribution is 2.46. The van der Waals surface area contributed by atoms with Crippen LogP contribution in [0, 0.1) is 5.41 Å². The minimum absolute atomic E-state index is 0.0137. The predicted molar refractivity (Wildman–Crippen MR) is 49.0 cm³/mol. The van der Waals surface area contributed by atoms with Crippen LogP contribution in [0.5, 0.6) is 0 Å². The van der Waals surface area contributed by atoms with E-state index in [1.165, 1.54) is 6.42 Å². The molecule has 0 spiro atoms. The summed E-state index contributed by atoms with van der Waals surface area (Å²) in [5.74, 6) is 0. The van der Waals surface area contributed by atoms with Gasteiger partial charge in [0.15, 0.2) is 0 Å². The maximum atomic E-state index is 10.5. The molecule has 0 aliphatic carbocycles. The molecule has 2 heteroatoms. The summed E-state index contributed by atoms with van der Waals surface area (Å²) in [4.78, 5) is 0. The Kier molecular flexibility index (Phi) is 1.59. The van der Waals surface area contributed by atoms with Crippen LogP contribution in [0.15, 0.2) is 0 Å². The molecule has 2 fully saturated rings. The third-order valence-electron chi connectivity index (χ3n) is 3.67. The molecule has 12 heavy (non-hydrogen) atoms. The van der Waals surface area contributed by atoms with E-state index in [4.69, 9.17) is 0 Å². The van der Waals surface area contributed by atoms with Crippen molar-refractivity contribution in [1.82, 2.24) is 5.32 Å². The maximum Gasteiger partial charge on any atom is 0.0862 e. The Bertz CT molecular complexity index is 197. The molecule has 2 aliphatic rings. The Balaban J connectivity index is 2.23. The molecule has 2 aliphatic heterocycles. The fourth-order valence-corrected chi connectivity index (χ4v) is 2.70. The van der Waals surface area contributed by atoms with Crippen molar-refractivity contribution in [2.45, 2.75) is 57.7 Å². The van der Waals surface area contributed by atoms with Gasteiger partial charge in [-0.3, -0.25) is 0 Å². The number of fused-ring (bicyclic) bond motifs is 2. The van der Waals surface area contributed by atoms with Crippen LogP contribution in [0.25, 0.3) is 0 Å². The van der Waals surface area contributed by atoms with Gasteiger partial charge in [-0.15, -0.1) is 0 Å². The SMILES string of the molecule is CC(C)(C)[C@]1(O)C[C@@H]2CC[C@H]1N2. The third-order valence-corrected chi connectivity index (χ3v) is 3.67. The van der Waals surface area contributed by atoms with Crippen LogP contribution in [-0.2, 0) is 0 Å². The molecule has 0 aromatic heterocycles. The first-order chi connectivity index (χ1) is 5.43. The van der Waals surface area contributed by atoms with E-state index in [9.17, 15) is 5.11 Å². The molecule has 3 atom stereocenters. The van der Waals surface area contributed by atoms with E-state index in [0.717, 1.165) is 12.8 Å². The zero-order valence-corrected chi connectivity index (χ0v) is 8.22. The van der Waals surface area contributed by atoms with E-state index in [-0.39, 0.29) is 5.41 Å². The average Bonchev–Trinajstić information content (AvgIpc) is 2.43. The Hall–Kier alpha value is -0.0800. The minimum atomic E-state index is -0.462. The second kappa shape index (κ2) is 2.24. The third kappa shape index (κ3) is 0.944. The van der Waals surface area contributed by atoms with Gasteiger partial charge < -0.3 is 10.4 Å². The zero-order chi connectivity index (χ0) is 8.98. The molecule has 0 saturated carbocycles. The summed E-state index contributed by atoms with van der Waals surface area (Å²) in [6, 6.07) is 0.932. The number of rotatable bonds is 0. The van der Waals surface area contributed by atoms with Crippen molar-refractivity contribution in [3.8, 4) is 0 Å². The first kappa shape index (κ1) is 8.52. The molecule has 0 aromatic rings. The molecule has 2 heterocycles. The monoisotopic (exact) mass is 169 g/mol. The van der Waals surface area contributed by atoms with Crippen LogP contribution >= 0.6 is 0 Å². The van der Waals surface area contributed by atoms with Gasteiger partial charge in [0.25, 0.3) is 0 Å². The van der Waals surface area contributed by atoms with Crippen molar-refractivity contribution in [2.24, 2.45) is 5.41 Å². The molecule has 0 radical (unpaired) electrons. The molecular weight excluding hydrogens is 150 g/mol. The lowest BCUT2D eigenvalue weighted by molar-refractivity contribution is -0.0752. The first-order valence-electron chi connectivity index (χ1n) is 4.92. The average molecular weight is 169 g/mol. The standard InChI is InChI=1S/C10H19NO/c1-9(2,3)10(12)6-7-4-5-8(10)11-7/h7-8,11-12H,4-6H2,1-3H3/t7-,8+,10-/m0/s1. The number of nitrogens with one attached hydrogen (secondary N) is 1. The predicted octanol–water partition coefficient (Wildman–Crippen LogP) is 1.29. The smallest absolute Gasteiger partial charge is 0.0862 e. The van der Waals surface area contributed by atoms with E-state index in [2.05, 4.69) is 26.1 Å². The zero-order valence-electron chi connectivity index (χ0n) is 8.22. The van der Waals surface area contributed by atoms with Crippen LogP contribution in [0.4, 0.5) is 0 Å². The molecular formula is C10H19NO. The normalized spacial score (nSPS) is 47.0. The van der Waals surface area contributed by atoms with Crippen molar-refractivity contribution < 1.29 is 5.11 Å². The highest BCUT2D eigenvalue weighted by atomic mass is 16.3. The summed E-state index contributed by atoms with van der Waals surface area (Å²) in [6.07, 6.45) is 3.35. The Morgan fingerprint density at radius 2 is 2.00 bits per heavy atom. The highest BCUT2D eigenvalue weighted by molar-refractivity contribution is 5.12. The lowest BCUT2D eigenvalue weighted by Crippen LogP contribution is -2.51. The number of hydrogen-bond acceptors (Lipinski definition) is 2. The molecule has 2 rings (SSSR count). The van der Waals surface area contributed by atoms with Crippen molar-refractivity contribution in [2.75, 3.05) is 0 Å². The van der Waals surface area contributed by atoms with Crippen LogP contribution in [0.2, 0.25) is 0 Å². The van der Waals surface area contributed by atoms with Gasteiger partial charge in [-0.2, -0.15) is 0 Å². The van der Waals surface area contributed by atoms with Gasteiger partial charge in [0, 0.05) is 12.1 Å². The van der Waals surface area contributed by atoms with Crippen LogP contribution < -0.4 is 5.32 Å². The molecule has 0 unspecified atom stereocenters. The lowest BCUT2D eigenvalue weighted by Gasteiger charge is -2.42. The van der Waals surface area contributed by atoms with Gasteiger partial charge in [0.1, 0.15) is 0 Å². The molecule has 2 bridgehead atoms. The van der Waals surface area contributed by atoms with E-state index in [1.54, 1.807) is 0 Å². The number of aliphatic hydroxyl groups is 1. The Morgan fingerprint density at radius 3 is 2.25 bits per heavy atom. The van der Waals surface area contributed by atoms with E-state index in [0.29, 0.717) is 12.1 Å². The topological polar surface area (TPSA) is 32.3 Å². The first-order valence-corrected chi connectivity index (χ1v) is 4.92. The second-order valence-electron chi connectivity index (χ2n) is 5.37. The van der Waals surface area contributed by atoms with Crippen molar-refractivity contribution in [3.05, 3.63) is 0 Å². The molecule has 2 saturated heterocycles. The van der Waals surface area contributed by atoms with Gasteiger partial charge in [0.2, 0.25) is 0 Å². The summed E-state index contributed by atoms with van der Waals surface area (Å²) in [5.41, 5.74) is -0.449. The summed E-state index contributed by atoms with van der Waals surface area (Å²) >= 11 is 0. The summed E-state index contributed by atoms with van der Waals surface area (Å²) in [6.45, 7) is 6.40. The van der Waals surface area contributed by atoms with Crippen molar-refractivity contribution in [1.29, 1.82) is 0 Å². The van der Waals surface area contributed by atoms with Crippen LogP contribution in [-0.4, -0.2) is 22.8 Å².